The molecule has 1 aliphatic rings. The second-order valence-electron chi connectivity index (χ2n) is 5.43. The minimum Gasteiger partial charge on any atom is -0.761 e. The summed E-state index contributed by atoms with van der Waals surface area (Å²) in [4.78, 5) is 25.2. The zero-order valence-electron chi connectivity index (χ0n) is 13.1. The summed E-state index contributed by atoms with van der Waals surface area (Å²) in [5.41, 5.74) is 2.17. The minimum atomic E-state index is -0.414. The lowest BCUT2D eigenvalue weighted by Crippen LogP contribution is -2.40. The molecule has 0 saturated carbocycles. The van der Waals surface area contributed by atoms with Gasteiger partial charge in [0.2, 0.25) is 0 Å². The van der Waals surface area contributed by atoms with Gasteiger partial charge in [-0.3, -0.25) is 4.79 Å². The van der Waals surface area contributed by atoms with Crippen molar-refractivity contribution in [2.45, 2.75) is 26.2 Å². The molecule has 1 heterocycles. The van der Waals surface area contributed by atoms with Crippen LogP contribution >= 0.6 is 0 Å². The van der Waals surface area contributed by atoms with E-state index < -0.39 is 6.09 Å². The highest BCUT2D eigenvalue weighted by Gasteiger charge is 2.25. The lowest BCUT2D eigenvalue weighted by Gasteiger charge is -2.30. The number of ether oxygens (including phenoxy) is 2. The monoisotopic (exact) mass is 321 g/mol. The zero-order valence-corrected chi connectivity index (χ0v) is 13.1. The fourth-order valence-electron chi connectivity index (χ4n) is 2.53. The Morgan fingerprint density at radius 3 is 2.48 bits per heavy atom. The molecule has 0 unspecified atom stereocenters. The van der Waals surface area contributed by atoms with Crippen molar-refractivity contribution >= 4 is 17.7 Å². The SMILES string of the molecule is CCOC(=O)CC1CCN(C(=O)Oc2ccc(N[O-])cc2)CC1. The van der Waals surface area contributed by atoms with Crippen molar-refractivity contribution in [1.82, 2.24) is 4.90 Å². The molecule has 1 fully saturated rings. The minimum absolute atomic E-state index is 0.180. The Hall–Kier alpha value is -2.28. The number of rotatable bonds is 5. The second kappa shape index (κ2) is 8.38. The number of benzene rings is 1. The summed E-state index contributed by atoms with van der Waals surface area (Å²) in [6.45, 7) is 3.30. The van der Waals surface area contributed by atoms with E-state index in [0.717, 1.165) is 12.8 Å². The molecule has 23 heavy (non-hydrogen) atoms. The molecule has 0 aromatic heterocycles. The van der Waals surface area contributed by atoms with Crippen LogP contribution in [0.2, 0.25) is 0 Å². The number of anilines is 1. The van der Waals surface area contributed by atoms with E-state index in [2.05, 4.69) is 0 Å². The average Bonchev–Trinajstić information content (AvgIpc) is 2.56. The van der Waals surface area contributed by atoms with Crippen molar-refractivity contribution in [2.75, 3.05) is 25.2 Å². The van der Waals surface area contributed by atoms with Gasteiger partial charge in [0.15, 0.2) is 0 Å². The molecule has 0 bridgehead atoms. The number of carbonyl (C=O) groups is 2. The number of nitrogens with one attached hydrogen (secondary N) is 1. The largest absolute Gasteiger partial charge is 0.761 e. The van der Waals surface area contributed by atoms with Gasteiger partial charge in [0.05, 0.1) is 6.61 Å². The average molecular weight is 321 g/mol. The van der Waals surface area contributed by atoms with Crippen molar-refractivity contribution in [3.63, 3.8) is 0 Å². The highest BCUT2D eigenvalue weighted by atomic mass is 16.6. The van der Waals surface area contributed by atoms with Crippen molar-refractivity contribution in [3.8, 4) is 5.75 Å². The summed E-state index contributed by atoms with van der Waals surface area (Å²) < 4.78 is 10.2. The molecular formula is C16H21N2O5-. The first-order valence-electron chi connectivity index (χ1n) is 7.73. The van der Waals surface area contributed by atoms with Crippen LogP contribution in [0.3, 0.4) is 0 Å². The summed E-state index contributed by atoms with van der Waals surface area (Å²) in [5.74, 6) is 0.462. The Labute approximate surface area is 135 Å². The Bertz CT molecular complexity index is 524. The van der Waals surface area contributed by atoms with Crippen LogP contribution in [0.15, 0.2) is 24.3 Å². The summed E-state index contributed by atoms with van der Waals surface area (Å²) in [6, 6.07) is 6.21. The van der Waals surface area contributed by atoms with E-state index in [0.29, 0.717) is 37.6 Å². The molecule has 1 aromatic rings. The number of amides is 1. The molecule has 126 valence electrons. The topological polar surface area (TPSA) is 90.9 Å². The van der Waals surface area contributed by atoms with Crippen LogP contribution in [-0.2, 0) is 9.53 Å². The Morgan fingerprint density at radius 1 is 1.26 bits per heavy atom. The van der Waals surface area contributed by atoms with E-state index in [9.17, 15) is 14.8 Å². The maximum absolute atomic E-state index is 12.1. The van der Waals surface area contributed by atoms with Crippen LogP contribution in [0.4, 0.5) is 10.5 Å². The molecule has 0 spiro atoms. The standard InChI is InChI=1S/C16H21N2O5/c1-2-22-15(19)11-12-7-9-18(10-8-12)16(20)23-14-5-3-13(17-21)4-6-14/h3-6,12,17H,2,7-11H2,1H3/q-1. The molecule has 0 aliphatic carbocycles. The smallest absolute Gasteiger partial charge is 0.415 e. The third-order valence-electron chi connectivity index (χ3n) is 3.81. The fourth-order valence-corrected chi connectivity index (χ4v) is 2.53. The van der Waals surface area contributed by atoms with E-state index in [-0.39, 0.29) is 11.9 Å². The van der Waals surface area contributed by atoms with Crippen LogP contribution < -0.4 is 10.2 Å². The van der Waals surface area contributed by atoms with Gasteiger partial charge in [-0.05, 0) is 49.9 Å². The first-order valence-corrected chi connectivity index (χ1v) is 7.73. The van der Waals surface area contributed by atoms with Crippen molar-refractivity contribution < 1.29 is 19.1 Å². The molecule has 0 atom stereocenters. The van der Waals surface area contributed by atoms with Gasteiger partial charge in [-0.15, -0.1) is 0 Å². The Morgan fingerprint density at radius 2 is 1.91 bits per heavy atom. The lowest BCUT2D eigenvalue weighted by molar-refractivity contribution is -0.144. The molecule has 7 heteroatoms. The third-order valence-corrected chi connectivity index (χ3v) is 3.81. The first-order chi connectivity index (χ1) is 11.1. The van der Waals surface area contributed by atoms with Gasteiger partial charge in [0.1, 0.15) is 5.75 Å². The molecule has 1 amide bonds. The van der Waals surface area contributed by atoms with Crippen LogP contribution in [0, 0.1) is 11.1 Å². The molecule has 7 nitrogen and oxygen atoms in total. The van der Waals surface area contributed by atoms with Crippen LogP contribution in [-0.4, -0.2) is 36.7 Å². The van der Waals surface area contributed by atoms with Crippen molar-refractivity contribution in [2.24, 2.45) is 5.92 Å². The predicted molar refractivity (Wildman–Crippen MR) is 85.0 cm³/mol. The number of nitrogens with zero attached hydrogens (tertiary/aromatic N) is 1. The summed E-state index contributed by atoms with van der Waals surface area (Å²) in [7, 11) is 0. The molecule has 2 rings (SSSR count). The van der Waals surface area contributed by atoms with E-state index in [1.165, 1.54) is 0 Å². The van der Waals surface area contributed by atoms with Gasteiger partial charge >= 0.3 is 12.1 Å². The summed E-state index contributed by atoms with van der Waals surface area (Å²) in [6.07, 6.45) is 1.50. The number of esters is 1. The third kappa shape index (κ3) is 5.14. The van der Waals surface area contributed by atoms with Gasteiger partial charge in [0.25, 0.3) is 0 Å². The lowest BCUT2D eigenvalue weighted by atomic mass is 9.94. The van der Waals surface area contributed by atoms with E-state index >= 15 is 0 Å². The van der Waals surface area contributed by atoms with Crippen molar-refractivity contribution in [1.29, 1.82) is 0 Å². The van der Waals surface area contributed by atoms with E-state index in [1.54, 1.807) is 41.6 Å². The van der Waals surface area contributed by atoms with Crippen molar-refractivity contribution in [3.05, 3.63) is 29.5 Å². The van der Waals surface area contributed by atoms with Crippen LogP contribution in [0.1, 0.15) is 26.2 Å². The molecular weight excluding hydrogens is 300 g/mol. The zero-order chi connectivity index (χ0) is 16.7. The van der Waals surface area contributed by atoms with Gasteiger partial charge in [-0.2, -0.15) is 0 Å². The van der Waals surface area contributed by atoms with Crippen LogP contribution in [0.5, 0.6) is 5.75 Å². The van der Waals surface area contributed by atoms with Crippen LogP contribution in [0.25, 0.3) is 0 Å². The molecule has 0 radical (unpaired) electrons. The highest BCUT2D eigenvalue weighted by Crippen LogP contribution is 2.22. The van der Waals surface area contributed by atoms with E-state index in [1.807, 2.05) is 0 Å². The second-order valence-corrected chi connectivity index (χ2v) is 5.43. The van der Waals surface area contributed by atoms with Gasteiger partial charge in [0, 0.05) is 25.2 Å². The number of carbonyl (C=O) groups excluding carboxylic acids is 2. The molecule has 1 saturated heterocycles. The van der Waals surface area contributed by atoms with E-state index in [4.69, 9.17) is 9.47 Å². The van der Waals surface area contributed by atoms with Gasteiger partial charge in [-0.25, -0.2) is 4.79 Å². The first kappa shape index (κ1) is 17.1. The number of hydrogen-bond acceptors (Lipinski definition) is 6. The number of hydrogen-bond donors (Lipinski definition) is 1. The normalized spacial score (nSPS) is 15.1. The predicted octanol–water partition coefficient (Wildman–Crippen LogP) is 2.76. The van der Waals surface area contributed by atoms with Gasteiger partial charge < -0.3 is 25.1 Å². The quantitative estimate of drug-likeness (QED) is 0.662. The maximum Gasteiger partial charge on any atom is 0.415 e. The fraction of sp³-hybridized carbons (Fsp3) is 0.500. The number of likely N-dealkylation sites (tertiary alicyclic amines) is 1. The molecule has 1 N–H and O–H groups in total. The highest BCUT2D eigenvalue weighted by molar-refractivity contribution is 5.71. The summed E-state index contributed by atoms with van der Waals surface area (Å²) in [5, 5.41) is 10.5. The molecule has 1 aromatic carbocycles. The number of piperidine rings is 1. The Kier molecular flexibility index (Phi) is 6.22. The maximum atomic E-state index is 12.1. The summed E-state index contributed by atoms with van der Waals surface area (Å²) >= 11 is 0. The van der Waals surface area contributed by atoms with Gasteiger partial charge in [-0.1, -0.05) is 0 Å². The Balaban J connectivity index is 1.77. The molecule has 1 aliphatic heterocycles.